The minimum atomic E-state index is -0.572. The minimum absolute atomic E-state index is 0.0380. The maximum atomic E-state index is 11.7. The molecule has 0 bridgehead atoms. The number of carbonyl (C=O) groups is 2. The SMILES string of the molecule is O=C[C@H]1[C@H](CCOC(=O)c2ccccc2)SC[C@@H]1O. The highest BCUT2D eigenvalue weighted by atomic mass is 32.2. The molecule has 3 atom stereocenters. The Bertz CT molecular complexity index is 434. The van der Waals surface area contributed by atoms with Crippen molar-refractivity contribution in [2.24, 2.45) is 5.92 Å². The van der Waals surface area contributed by atoms with Crippen molar-refractivity contribution in [1.29, 1.82) is 0 Å². The van der Waals surface area contributed by atoms with E-state index in [0.717, 1.165) is 6.29 Å². The fourth-order valence-electron chi connectivity index (χ4n) is 2.07. The first-order valence-electron chi connectivity index (χ1n) is 6.19. The van der Waals surface area contributed by atoms with Gasteiger partial charge in [-0.05, 0) is 18.6 Å². The van der Waals surface area contributed by atoms with Crippen molar-refractivity contribution in [2.45, 2.75) is 17.8 Å². The van der Waals surface area contributed by atoms with Gasteiger partial charge in [0.2, 0.25) is 0 Å². The molecule has 1 aromatic rings. The summed E-state index contributed by atoms with van der Waals surface area (Å²) >= 11 is 1.56. The summed E-state index contributed by atoms with van der Waals surface area (Å²) in [6.45, 7) is 0.266. The van der Waals surface area contributed by atoms with Crippen LogP contribution in [-0.4, -0.2) is 41.1 Å². The Balaban J connectivity index is 1.78. The van der Waals surface area contributed by atoms with E-state index in [1.807, 2.05) is 6.07 Å². The highest BCUT2D eigenvalue weighted by molar-refractivity contribution is 8.00. The summed E-state index contributed by atoms with van der Waals surface area (Å²) < 4.78 is 5.17. The molecule has 1 aliphatic rings. The van der Waals surface area contributed by atoms with Gasteiger partial charge in [-0.1, -0.05) is 18.2 Å². The Morgan fingerprint density at radius 2 is 2.16 bits per heavy atom. The van der Waals surface area contributed by atoms with Gasteiger partial charge in [0.15, 0.2) is 0 Å². The molecule has 1 aromatic carbocycles. The average molecular weight is 280 g/mol. The Morgan fingerprint density at radius 1 is 1.42 bits per heavy atom. The predicted molar refractivity (Wildman–Crippen MR) is 73.1 cm³/mol. The zero-order valence-electron chi connectivity index (χ0n) is 10.4. The molecule has 1 fully saturated rings. The van der Waals surface area contributed by atoms with Crippen LogP contribution in [0.25, 0.3) is 0 Å². The van der Waals surface area contributed by atoms with Crippen LogP contribution in [0.4, 0.5) is 0 Å². The molecule has 0 aliphatic carbocycles. The zero-order chi connectivity index (χ0) is 13.7. The second kappa shape index (κ2) is 6.73. The van der Waals surface area contributed by atoms with Crippen LogP contribution in [-0.2, 0) is 9.53 Å². The molecule has 4 nitrogen and oxygen atoms in total. The van der Waals surface area contributed by atoms with Crippen molar-refractivity contribution in [3.05, 3.63) is 35.9 Å². The van der Waals surface area contributed by atoms with Crippen LogP contribution in [0.5, 0.6) is 0 Å². The molecule has 0 unspecified atom stereocenters. The van der Waals surface area contributed by atoms with E-state index in [0.29, 0.717) is 17.7 Å². The Labute approximate surface area is 116 Å². The van der Waals surface area contributed by atoms with Crippen molar-refractivity contribution < 1.29 is 19.4 Å². The monoisotopic (exact) mass is 280 g/mol. The molecule has 1 aliphatic heterocycles. The molecule has 0 saturated carbocycles. The highest BCUT2D eigenvalue weighted by Gasteiger charge is 2.35. The van der Waals surface area contributed by atoms with Gasteiger partial charge < -0.3 is 14.6 Å². The molecule has 0 aromatic heterocycles. The lowest BCUT2D eigenvalue weighted by molar-refractivity contribution is -0.113. The van der Waals surface area contributed by atoms with Crippen molar-refractivity contribution >= 4 is 24.0 Å². The van der Waals surface area contributed by atoms with Gasteiger partial charge in [0.1, 0.15) is 6.29 Å². The Hall–Kier alpha value is -1.33. The van der Waals surface area contributed by atoms with Gasteiger partial charge >= 0.3 is 5.97 Å². The van der Waals surface area contributed by atoms with Crippen molar-refractivity contribution in [2.75, 3.05) is 12.4 Å². The molecule has 0 amide bonds. The normalized spacial score (nSPS) is 26.1. The summed E-state index contributed by atoms with van der Waals surface area (Å²) in [5, 5.41) is 9.62. The largest absolute Gasteiger partial charge is 0.462 e. The van der Waals surface area contributed by atoms with Crippen LogP contribution in [0.3, 0.4) is 0 Å². The summed E-state index contributed by atoms with van der Waals surface area (Å²) in [7, 11) is 0. The number of aldehydes is 1. The predicted octanol–water partition coefficient (Wildman–Crippen LogP) is 1.52. The summed E-state index contributed by atoms with van der Waals surface area (Å²) in [6.07, 6.45) is 0.815. The number of rotatable bonds is 5. The maximum absolute atomic E-state index is 11.7. The molecule has 19 heavy (non-hydrogen) atoms. The maximum Gasteiger partial charge on any atom is 0.338 e. The van der Waals surface area contributed by atoms with Gasteiger partial charge in [-0.25, -0.2) is 4.79 Å². The molecule has 1 saturated heterocycles. The molecule has 1 N–H and O–H groups in total. The lowest BCUT2D eigenvalue weighted by atomic mass is 10.00. The standard InChI is InChI=1S/C14H16O4S/c15-8-11-12(16)9-19-13(11)6-7-18-14(17)10-4-2-1-3-5-10/h1-5,8,11-13,16H,6-7,9H2/t11-,12+,13+/m1/s1. The van der Waals surface area contributed by atoms with E-state index >= 15 is 0 Å². The highest BCUT2D eigenvalue weighted by Crippen LogP contribution is 2.33. The van der Waals surface area contributed by atoms with Gasteiger partial charge in [0.25, 0.3) is 0 Å². The van der Waals surface area contributed by atoms with Crippen LogP contribution in [0.2, 0.25) is 0 Å². The molecular formula is C14H16O4S. The Morgan fingerprint density at radius 3 is 2.84 bits per heavy atom. The number of ether oxygens (including phenoxy) is 1. The van der Waals surface area contributed by atoms with Crippen LogP contribution in [0.15, 0.2) is 30.3 Å². The first-order valence-corrected chi connectivity index (χ1v) is 7.24. The number of hydrogen-bond acceptors (Lipinski definition) is 5. The second-order valence-electron chi connectivity index (χ2n) is 4.44. The third-order valence-corrected chi connectivity index (χ3v) is 4.67. The third kappa shape index (κ3) is 3.58. The van der Waals surface area contributed by atoms with Gasteiger partial charge in [-0.15, -0.1) is 0 Å². The van der Waals surface area contributed by atoms with E-state index in [9.17, 15) is 14.7 Å². The van der Waals surface area contributed by atoms with E-state index in [1.165, 1.54) is 0 Å². The second-order valence-corrected chi connectivity index (χ2v) is 5.72. The smallest absolute Gasteiger partial charge is 0.338 e. The van der Waals surface area contributed by atoms with Gasteiger partial charge in [0.05, 0.1) is 24.2 Å². The Kier molecular flexibility index (Phi) is 4.99. The molecule has 102 valence electrons. The first-order chi connectivity index (χ1) is 9.22. The van der Waals surface area contributed by atoms with Gasteiger partial charge in [0, 0.05) is 11.0 Å². The summed E-state index contributed by atoms with van der Waals surface area (Å²) in [6, 6.07) is 8.79. The number of esters is 1. The fraction of sp³-hybridized carbons (Fsp3) is 0.429. The molecular weight excluding hydrogens is 264 g/mol. The van der Waals surface area contributed by atoms with E-state index < -0.39 is 6.10 Å². The van der Waals surface area contributed by atoms with Crippen LogP contribution in [0.1, 0.15) is 16.8 Å². The number of aliphatic hydroxyl groups is 1. The lowest BCUT2D eigenvalue weighted by Crippen LogP contribution is -2.25. The van der Waals surface area contributed by atoms with Gasteiger partial charge in [-0.2, -0.15) is 11.8 Å². The number of aliphatic hydroxyl groups excluding tert-OH is 1. The number of thioether (sulfide) groups is 1. The molecule has 5 heteroatoms. The number of hydrogen-bond donors (Lipinski definition) is 1. The van der Waals surface area contributed by atoms with Crippen molar-refractivity contribution in [3.63, 3.8) is 0 Å². The lowest BCUT2D eigenvalue weighted by Gasteiger charge is -2.14. The summed E-state index contributed by atoms with van der Waals surface area (Å²) in [5.41, 5.74) is 0.522. The van der Waals surface area contributed by atoms with Crippen LogP contribution >= 0.6 is 11.8 Å². The van der Waals surface area contributed by atoms with Crippen molar-refractivity contribution in [1.82, 2.24) is 0 Å². The minimum Gasteiger partial charge on any atom is -0.462 e. The molecule has 2 rings (SSSR count). The van der Waals surface area contributed by atoms with Gasteiger partial charge in [-0.3, -0.25) is 0 Å². The fourth-order valence-corrected chi connectivity index (χ4v) is 3.47. The molecule has 0 radical (unpaired) electrons. The first kappa shape index (κ1) is 14.1. The summed E-state index contributed by atoms with van der Waals surface area (Å²) in [5.74, 6) is -0.131. The third-order valence-electron chi connectivity index (χ3n) is 3.16. The number of carbonyl (C=O) groups excluding carboxylic acids is 2. The molecule has 0 spiro atoms. The quantitative estimate of drug-likeness (QED) is 0.654. The van der Waals surface area contributed by atoms with E-state index in [1.54, 1.807) is 36.0 Å². The summed E-state index contributed by atoms with van der Waals surface area (Å²) in [4.78, 5) is 22.6. The zero-order valence-corrected chi connectivity index (χ0v) is 11.2. The van der Waals surface area contributed by atoms with E-state index in [4.69, 9.17) is 4.74 Å². The van der Waals surface area contributed by atoms with Crippen LogP contribution < -0.4 is 0 Å². The topological polar surface area (TPSA) is 63.6 Å². The van der Waals surface area contributed by atoms with Crippen LogP contribution in [0, 0.1) is 5.92 Å². The van der Waals surface area contributed by atoms with Crippen molar-refractivity contribution in [3.8, 4) is 0 Å². The van der Waals surface area contributed by atoms with E-state index in [-0.39, 0.29) is 23.7 Å². The molecule has 1 heterocycles. The van der Waals surface area contributed by atoms with E-state index in [2.05, 4.69) is 0 Å². The number of benzene rings is 1. The average Bonchev–Trinajstić information content (AvgIpc) is 2.80.